The van der Waals surface area contributed by atoms with Crippen LogP contribution in [0.1, 0.15) is 38.7 Å². The maximum Gasteiger partial charge on any atom is 0.222 e. The molecule has 0 saturated carbocycles. The molecule has 1 amide bonds. The third-order valence-electron chi connectivity index (χ3n) is 4.28. The normalized spacial score (nSPS) is 18.3. The number of nitrogens with zero attached hydrogens (tertiary/aromatic N) is 2. The molecule has 142 valence electrons. The highest BCUT2D eigenvalue weighted by molar-refractivity contribution is 7.84. The quantitative estimate of drug-likeness (QED) is 0.758. The third kappa shape index (κ3) is 5.71. The lowest BCUT2D eigenvalue weighted by molar-refractivity contribution is -0.134. The van der Waals surface area contributed by atoms with Crippen molar-refractivity contribution in [2.75, 3.05) is 24.4 Å². The average Bonchev–Trinajstić information content (AvgIpc) is 2.59. The number of nitriles is 1. The van der Waals surface area contributed by atoms with E-state index in [1.165, 1.54) is 0 Å². The van der Waals surface area contributed by atoms with Crippen LogP contribution in [0.15, 0.2) is 18.2 Å². The van der Waals surface area contributed by atoms with Crippen LogP contribution in [0.5, 0.6) is 5.75 Å². The topological polar surface area (TPSA) is 108 Å². The Labute approximate surface area is 157 Å². The molecule has 1 aliphatic rings. The van der Waals surface area contributed by atoms with Gasteiger partial charge < -0.3 is 9.64 Å². The molecule has 1 saturated heterocycles. The monoisotopic (exact) mass is 378 g/mol. The molecule has 1 aromatic carbocycles. The molecule has 26 heavy (non-hydrogen) atoms. The first kappa shape index (κ1) is 20.2. The maximum atomic E-state index is 12.3. The molecule has 2 atom stereocenters. The van der Waals surface area contributed by atoms with Crippen LogP contribution in [-0.2, 0) is 16.0 Å². The molecule has 0 bridgehead atoms. The van der Waals surface area contributed by atoms with Crippen LogP contribution in [0.4, 0.5) is 5.69 Å². The van der Waals surface area contributed by atoms with Crippen LogP contribution in [0.25, 0.3) is 0 Å². The van der Waals surface area contributed by atoms with Gasteiger partial charge in [0, 0.05) is 25.4 Å². The minimum atomic E-state index is -1.76. The highest BCUT2D eigenvalue weighted by Crippen LogP contribution is 2.27. The van der Waals surface area contributed by atoms with Crippen LogP contribution < -0.4 is 14.6 Å². The first-order valence-corrected chi connectivity index (χ1v) is 9.98. The van der Waals surface area contributed by atoms with Crippen molar-refractivity contribution in [3.8, 4) is 11.8 Å². The lowest BCUT2D eigenvalue weighted by atomic mass is 9.98. The minimum absolute atomic E-state index is 0.194. The summed E-state index contributed by atoms with van der Waals surface area (Å²) >= 11 is -1.76. The number of piperidine rings is 1. The molecule has 0 spiro atoms. The molecule has 2 unspecified atom stereocenters. The molecular weight excluding hydrogens is 352 g/mol. The van der Waals surface area contributed by atoms with Gasteiger partial charge >= 0.3 is 0 Å². The Bertz CT molecular complexity index is 702. The van der Waals surface area contributed by atoms with Crippen molar-refractivity contribution in [3.05, 3.63) is 23.8 Å². The van der Waals surface area contributed by atoms with Crippen molar-refractivity contribution in [3.63, 3.8) is 0 Å². The number of carbonyl (C=O) groups is 1. The third-order valence-corrected chi connectivity index (χ3v) is 4.70. The molecule has 3 N–H and O–H groups in total. The number of hydrogen-bond donors (Lipinski definition) is 2. The lowest BCUT2D eigenvalue weighted by Gasteiger charge is -2.33. The van der Waals surface area contributed by atoms with Gasteiger partial charge in [0.2, 0.25) is 5.91 Å². The van der Waals surface area contributed by atoms with Gasteiger partial charge in [-0.1, -0.05) is 19.9 Å². The first-order chi connectivity index (χ1) is 12.4. The number of carbonyl (C=O) groups excluding carboxylic acids is 1. The number of ether oxygens (including phenoxy) is 1. The van der Waals surface area contributed by atoms with Crippen molar-refractivity contribution in [1.82, 2.24) is 4.90 Å². The Morgan fingerprint density at radius 1 is 1.54 bits per heavy atom. The van der Waals surface area contributed by atoms with Gasteiger partial charge in [0.15, 0.2) is 11.2 Å². The van der Waals surface area contributed by atoms with E-state index in [1.54, 1.807) is 18.2 Å². The van der Waals surface area contributed by atoms with E-state index in [2.05, 4.69) is 10.8 Å². The molecule has 1 aliphatic heterocycles. The zero-order chi connectivity index (χ0) is 19.1. The number of nitrogens with one attached hydrogen (secondary N) is 1. The second-order valence-corrected chi connectivity index (χ2v) is 7.75. The van der Waals surface area contributed by atoms with Crippen LogP contribution >= 0.6 is 0 Å². The summed E-state index contributed by atoms with van der Waals surface area (Å²) in [6, 6.07) is 7.11. The van der Waals surface area contributed by atoms with Crippen molar-refractivity contribution in [1.29, 1.82) is 5.26 Å². The van der Waals surface area contributed by atoms with Gasteiger partial charge in [0.1, 0.15) is 17.4 Å². The molecule has 1 heterocycles. The zero-order valence-electron chi connectivity index (χ0n) is 15.2. The SMILES string of the molecule is CC(C)CC(=O)N1CCCC(COc2cccc(NS(N)=O)c2C#N)C1. The predicted molar refractivity (Wildman–Crippen MR) is 101 cm³/mol. The number of rotatable bonds is 7. The second kappa shape index (κ2) is 9.55. The van der Waals surface area contributed by atoms with E-state index in [4.69, 9.17) is 9.88 Å². The number of anilines is 1. The number of hydrogen-bond acceptors (Lipinski definition) is 4. The van der Waals surface area contributed by atoms with E-state index < -0.39 is 11.2 Å². The summed E-state index contributed by atoms with van der Waals surface area (Å²) in [6.07, 6.45) is 2.50. The smallest absolute Gasteiger partial charge is 0.222 e. The number of amides is 1. The van der Waals surface area contributed by atoms with Crippen molar-refractivity contribution in [2.45, 2.75) is 33.1 Å². The largest absolute Gasteiger partial charge is 0.492 e. The minimum Gasteiger partial charge on any atom is -0.492 e. The Kier molecular flexibility index (Phi) is 7.42. The Morgan fingerprint density at radius 3 is 2.96 bits per heavy atom. The van der Waals surface area contributed by atoms with E-state index in [0.717, 1.165) is 19.4 Å². The number of benzene rings is 1. The number of nitrogens with two attached hydrogens (primary N) is 1. The molecule has 0 aliphatic carbocycles. The van der Waals surface area contributed by atoms with Crippen molar-refractivity contribution in [2.24, 2.45) is 17.0 Å². The fourth-order valence-electron chi connectivity index (χ4n) is 3.07. The van der Waals surface area contributed by atoms with Gasteiger partial charge in [-0.3, -0.25) is 9.52 Å². The molecule has 2 rings (SSSR count). The van der Waals surface area contributed by atoms with Gasteiger partial charge in [0.25, 0.3) is 0 Å². The molecule has 1 fully saturated rings. The molecular formula is C18H26N4O3S. The zero-order valence-corrected chi connectivity index (χ0v) is 16.1. The van der Waals surface area contributed by atoms with Gasteiger partial charge in [-0.2, -0.15) is 5.26 Å². The highest BCUT2D eigenvalue weighted by Gasteiger charge is 2.24. The summed E-state index contributed by atoms with van der Waals surface area (Å²) in [5.74, 6) is 1.19. The maximum absolute atomic E-state index is 12.3. The molecule has 0 radical (unpaired) electrons. The summed E-state index contributed by atoms with van der Waals surface area (Å²) in [4.78, 5) is 14.2. The van der Waals surface area contributed by atoms with Crippen LogP contribution in [0, 0.1) is 23.2 Å². The van der Waals surface area contributed by atoms with Gasteiger partial charge in [0.05, 0.1) is 12.3 Å². The van der Waals surface area contributed by atoms with Gasteiger partial charge in [-0.15, -0.1) is 0 Å². The summed E-state index contributed by atoms with van der Waals surface area (Å²) in [5, 5.41) is 14.6. The summed E-state index contributed by atoms with van der Waals surface area (Å²) in [5.41, 5.74) is 0.651. The Morgan fingerprint density at radius 2 is 2.31 bits per heavy atom. The number of likely N-dealkylation sites (tertiary alicyclic amines) is 1. The average molecular weight is 378 g/mol. The Balaban J connectivity index is 1.99. The van der Waals surface area contributed by atoms with Crippen LogP contribution in [-0.4, -0.2) is 34.7 Å². The Hall–Kier alpha value is -2.11. The fourth-order valence-corrected chi connectivity index (χ4v) is 3.46. The summed E-state index contributed by atoms with van der Waals surface area (Å²) < 4.78 is 19.6. The van der Waals surface area contributed by atoms with E-state index in [1.807, 2.05) is 18.7 Å². The van der Waals surface area contributed by atoms with E-state index in [0.29, 0.717) is 36.9 Å². The first-order valence-electron chi connectivity index (χ1n) is 8.77. The molecule has 8 heteroatoms. The van der Waals surface area contributed by atoms with Crippen molar-refractivity contribution >= 4 is 22.8 Å². The van der Waals surface area contributed by atoms with E-state index >= 15 is 0 Å². The van der Waals surface area contributed by atoms with Gasteiger partial charge in [-0.05, 0) is 30.9 Å². The van der Waals surface area contributed by atoms with E-state index in [-0.39, 0.29) is 17.4 Å². The lowest BCUT2D eigenvalue weighted by Crippen LogP contribution is -2.42. The fraction of sp³-hybridized carbons (Fsp3) is 0.556. The summed E-state index contributed by atoms with van der Waals surface area (Å²) in [6.45, 7) is 5.99. The van der Waals surface area contributed by atoms with Gasteiger partial charge in [-0.25, -0.2) is 9.35 Å². The predicted octanol–water partition coefficient (Wildman–Crippen LogP) is 2.17. The van der Waals surface area contributed by atoms with E-state index in [9.17, 15) is 14.3 Å². The summed E-state index contributed by atoms with van der Waals surface area (Å²) in [7, 11) is 0. The van der Waals surface area contributed by atoms with Crippen LogP contribution in [0.3, 0.4) is 0 Å². The standard InChI is InChI=1S/C18H26N4O3S/c1-13(2)9-18(23)22-8-4-5-14(11-22)12-25-17-7-3-6-16(15(17)10-19)21-26(20)24/h3,6-7,13-14,21H,4-5,8-9,11-12,20H2,1-2H3. The molecule has 1 aromatic rings. The molecule has 7 nitrogen and oxygen atoms in total. The highest BCUT2D eigenvalue weighted by atomic mass is 32.2. The van der Waals surface area contributed by atoms with Crippen LogP contribution in [0.2, 0.25) is 0 Å². The second-order valence-electron chi connectivity index (χ2n) is 6.95. The van der Waals surface area contributed by atoms with Crippen molar-refractivity contribution < 1.29 is 13.7 Å². The molecule has 0 aromatic heterocycles.